The molecule has 0 radical (unpaired) electrons. The summed E-state index contributed by atoms with van der Waals surface area (Å²) in [4.78, 5) is 32.2. The molecule has 0 aromatic heterocycles. The van der Waals surface area contributed by atoms with E-state index in [1.54, 1.807) is 18.2 Å². The number of carboxylic acid groups (broad SMARTS) is 1. The summed E-state index contributed by atoms with van der Waals surface area (Å²) >= 11 is 0. The average Bonchev–Trinajstić information content (AvgIpc) is 3.40. The first kappa shape index (κ1) is 30.1. The Morgan fingerprint density at radius 1 is 1.00 bits per heavy atom. The number of primary amides is 1. The molecule has 3 aromatic carbocycles. The van der Waals surface area contributed by atoms with Gasteiger partial charge in [-0.15, -0.1) is 0 Å². The van der Waals surface area contributed by atoms with Crippen LogP contribution in [0.25, 0.3) is 11.1 Å². The van der Waals surface area contributed by atoms with E-state index in [-0.39, 0.29) is 18.3 Å². The van der Waals surface area contributed by atoms with Crippen LogP contribution in [0.5, 0.6) is 5.75 Å². The number of phenolic OH excluding ortho intramolecular Hbond substituents is 1. The molecule has 38 heavy (non-hydrogen) atoms. The lowest BCUT2D eigenvalue weighted by molar-refractivity contribution is -0.122. The monoisotopic (exact) mass is 519 g/mol. The molecule has 8 nitrogen and oxygen atoms in total. The minimum absolute atomic E-state index is 0.100. The lowest BCUT2D eigenvalue weighted by Crippen LogP contribution is -2.18. The first-order chi connectivity index (χ1) is 18.2. The van der Waals surface area contributed by atoms with E-state index in [9.17, 15) is 14.7 Å². The van der Waals surface area contributed by atoms with Crippen LogP contribution in [0.3, 0.4) is 0 Å². The number of rotatable bonds is 7. The second kappa shape index (κ2) is 15.2. The van der Waals surface area contributed by atoms with Gasteiger partial charge < -0.3 is 21.3 Å². The van der Waals surface area contributed by atoms with Crippen LogP contribution in [0, 0.1) is 13.8 Å². The highest BCUT2D eigenvalue weighted by atomic mass is 16.3. The molecule has 0 spiro atoms. The minimum atomic E-state index is -0.438. The van der Waals surface area contributed by atoms with Crippen LogP contribution in [-0.2, 0) is 16.1 Å². The number of benzene rings is 3. The van der Waals surface area contributed by atoms with Gasteiger partial charge in [0.1, 0.15) is 5.75 Å². The molecule has 1 aliphatic heterocycles. The fourth-order valence-electron chi connectivity index (χ4n) is 4.27. The van der Waals surface area contributed by atoms with Gasteiger partial charge in [-0.2, -0.15) is 0 Å². The lowest BCUT2D eigenvalue weighted by Gasteiger charge is -2.16. The third-order valence-corrected chi connectivity index (χ3v) is 6.36. The Hall–Kier alpha value is -4.17. The number of carbonyl (C=O) groups is 3. The van der Waals surface area contributed by atoms with Crippen molar-refractivity contribution in [2.45, 2.75) is 46.2 Å². The normalized spacial score (nSPS) is 13.2. The average molecular weight is 520 g/mol. The Bertz CT molecular complexity index is 1210. The molecule has 202 valence electrons. The molecule has 1 fully saturated rings. The van der Waals surface area contributed by atoms with E-state index in [1.165, 1.54) is 24.0 Å². The standard InChI is InChI=1S/C19H22N2O2.C10H13NO.CH2O2/c1-13-10-15(19(20)23)5-6-16(13)17-11-14(4-7-18(17)22)12-21-8-2-3-9-21;1-8-3-5-10(6-4-8)9(2)11-7-12;2-1-3/h4-7,10-11,22H,2-3,8-9,12H2,1H3,(H2,20,23);3-7,9H,1-2H3,(H,11,12);1H,(H,2,3). The molecule has 0 bridgehead atoms. The number of likely N-dealkylation sites (tertiary alicyclic amines) is 1. The molecule has 4 rings (SSSR count). The number of phenols is 1. The Labute approximate surface area is 224 Å². The van der Waals surface area contributed by atoms with Gasteiger partial charge in [-0.1, -0.05) is 42.0 Å². The van der Waals surface area contributed by atoms with Gasteiger partial charge in [0, 0.05) is 17.7 Å². The number of hydrogen-bond acceptors (Lipinski definition) is 5. The molecule has 2 amide bonds. The molecule has 1 heterocycles. The summed E-state index contributed by atoms with van der Waals surface area (Å²) in [5.74, 6) is -0.184. The van der Waals surface area contributed by atoms with Crippen LogP contribution in [-0.4, -0.2) is 47.0 Å². The maximum atomic E-state index is 11.3. The SMILES string of the molecule is Cc1cc(C(N)=O)ccc1-c1cc(CN2CCCC2)ccc1O.Cc1ccc(C(C)NC=O)cc1.O=CO. The summed E-state index contributed by atoms with van der Waals surface area (Å²) < 4.78 is 0. The number of nitrogens with one attached hydrogen (secondary N) is 1. The molecule has 1 aliphatic rings. The molecular formula is C30H37N3O5. The zero-order valence-corrected chi connectivity index (χ0v) is 22.2. The highest BCUT2D eigenvalue weighted by Gasteiger charge is 2.14. The smallest absolute Gasteiger partial charge is 0.290 e. The molecule has 3 aromatic rings. The summed E-state index contributed by atoms with van der Waals surface area (Å²) in [5.41, 5.74) is 12.0. The highest BCUT2D eigenvalue weighted by Crippen LogP contribution is 2.33. The zero-order chi connectivity index (χ0) is 28.1. The van der Waals surface area contributed by atoms with E-state index in [1.807, 2.05) is 63.2 Å². The van der Waals surface area contributed by atoms with E-state index in [4.69, 9.17) is 15.6 Å². The van der Waals surface area contributed by atoms with Crippen molar-refractivity contribution in [3.05, 3.63) is 88.5 Å². The van der Waals surface area contributed by atoms with Gasteiger partial charge in [-0.25, -0.2) is 0 Å². The van der Waals surface area contributed by atoms with Crippen molar-refractivity contribution in [1.82, 2.24) is 10.2 Å². The van der Waals surface area contributed by atoms with Crippen LogP contribution in [0.15, 0.2) is 60.7 Å². The number of nitrogens with zero attached hydrogens (tertiary/aromatic N) is 1. The number of hydrogen-bond donors (Lipinski definition) is 4. The molecule has 1 unspecified atom stereocenters. The number of aromatic hydroxyl groups is 1. The van der Waals surface area contributed by atoms with Crippen LogP contribution in [0.4, 0.5) is 0 Å². The fraction of sp³-hybridized carbons (Fsp3) is 0.300. The zero-order valence-electron chi connectivity index (χ0n) is 22.2. The molecular weight excluding hydrogens is 482 g/mol. The van der Waals surface area contributed by atoms with Gasteiger partial charge in [0.25, 0.3) is 6.47 Å². The van der Waals surface area contributed by atoms with Crippen molar-refractivity contribution < 1.29 is 24.6 Å². The second-order valence-electron chi connectivity index (χ2n) is 9.25. The predicted molar refractivity (Wildman–Crippen MR) is 149 cm³/mol. The van der Waals surface area contributed by atoms with E-state index in [0.29, 0.717) is 5.56 Å². The molecule has 8 heteroatoms. The topological polar surface area (TPSA) is 133 Å². The van der Waals surface area contributed by atoms with Crippen molar-refractivity contribution in [3.63, 3.8) is 0 Å². The summed E-state index contributed by atoms with van der Waals surface area (Å²) in [6, 6.07) is 19.3. The Morgan fingerprint density at radius 2 is 1.63 bits per heavy atom. The first-order valence-corrected chi connectivity index (χ1v) is 12.5. The third-order valence-electron chi connectivity index (χ3n) is 6.36. The maximum absolute atomic E-state index is 11.3. The van der Waals surface area contributed by atoms with E-state index in [2.05, 4.69) is 10.2 Å². The van der Waals surface area contributed by atoms with Crippen LogP contribution >= 0.6 is 0 Å². The number of nitrogens with two attached hydrogens (primary N) is 1. The van der Waals surface area contributed by atoms with Crippen molar-refractivity contribution in [1.29, 1.82) is 0 Å². The number of amides is 2. The van der Waals surface area contributed by atoms with Gasteiger partial charge in [-0.3, -0.25) is 19.3 Å². The van der Waals surface area contributed by atoms with Crippen LogP contribution in [0.2, 0.25) is 0 Å². The van der Waals surface area contributed by atoms with Gasteiger partial charge in [0.05, 0.1) is 6.04 Å². The largest absolute Gasteiger partial charge is 0.507 e. The van der Waals surface area contributed by atoms with Crippen LogP contribution < -0.4 is 11.1 Å². The summed E-state index contributed by atoms with van der Waals surface area (Å²) in [6.45, 7) is 8.87. The van der Waals surface area contributed by atoms with Crippen molar-refractivity contribution >= 4 is 18.8 Å². The quantitative estimate of drug-likeness (QED) is 0.338. The number of aryl methyl sites for hydroxylation is 2. The van der Waals surface area contributed by atoms with Gasteiger partial charge in [0.2, 0.25) is 12.3 Å². The molecule has 0 aliphatic carbocycles. The predicted octanol–water partition coefficient (Wildman–Crippen LogP) is 4.57. The minimum Gasteiger partial charge on any atom is -0.507 e. The van der Waals surface area contributed by atoms with E-state index in [0.717, 1.165) is 48.3 Å². The molecule has 5 N–H and O–H groups in total. The van der Waals surface area contributed by atoms with Crippen molar-refractivity contribution in [2.75, 3.05) is 13.1 Å². The highest BCUT2D eigenvalue weighted by molar-refractivity contribution is 5.94. The molecule has 1 atom stereocenters. The van der Waals surface area contributed by atoms with E-state index >= 15 is 0 Å². The summed E-state index contributed by atoms with van der Waals surface area (Å²) in [7, 11) is 0. The van der Waals surface area contributed by atoms with E-state index < -0.39 is 5.91 Å². The number of carbonyl (C=O) groups excluding carboxylic acids is 2. The van der Waals surface area contributed by atoms with Crippen molar-refractivity contribution in [3.8, 4) is 16.9 Å². The lowest BCUT2D eigenvalue weighted by atomic mass is 9.96. The van der Waals surface area contributed by atoms with Gasteiger partial charge in [0.15, 0.2) is 0 Å². The molecule has 0 saturated carbocycles. The van der Waals surface area contributed by atoms with Crippen molar-refractivity contribution in [2.24, 2.45) is 5.73 Å². The first-order valence-electron chi connectivity index (χ1n) is 12.5. The Kier molecular flexibility index (Phi) is 12.0. The third kappa shape index (κ3) is 9.05. The Balaban J connectivity index is 0.000000284. The second-order valence-corrected chi connectivity index (χ2v) is 9.25. The summed E-state index contributed by atoms with van der Waals surface area (Å²) in [6.07, 6.45) is 3.25. The van der Waals surface area contributed by atoms with Crippen LogP contribution in [0.1, 0.15) is 58.4 Å². The summed E-state index contributed by atoms with van der Waals surface area (Å²) in [5, 5.41) is 19.8. The fourth-order valence-corrected chi connectivity index (χ4v) is 4.27. The molecule has 1 saturated heterocycles. The maximum Gasteiger partial charge on any atom is 0.290 e. The van der Waals surface area contributed by atoms with Gasteiger partial charge in [-0.05, 0) is 93.2 Å². The van der Waals surface area contributed by atoms with Gasteiger partial charge >= 0.3 is 0 Å². The Morgan fingerprint density at radius 3 is 2.18 bits per heavy atom.